The first kappa shape index (κ1) is 18.5. The van der Waals surface area contributed by atoms with Crippen molar-refractivity contribution in [3.8, 4) is 5.75 Å². The van der Waals surface area contributed by atoms with Crippen LogP contribution in [0.1, 0.15) is 0 Å². The molecule has 0 bridgehead atoms. The lowest BCUT2D eigenvalue weighted by Crippen LogP contribution is -2.52. The molecule has 2 N–H and O–H groups in total. The highest BCUT2D eigenvalue weighted by molar-refractivity contribution is 5.94. The van der Waals surface area contributed by atoms with Gasteiger partial charge in [-0.15, -0.1) is 0 Å². The van der Waals surface area contributed by atoms with Crippen molar-refractivity contribution in [2.75, 3.05) is 50.1 Å². The summed E-state index contributed by atoms with van der Waals surface area (Å²) in [5.74, 6) is 1.28. The van der Waals surface area contributed by atoms with Gasteiger partial charge < -0.3 is 25.2 Å². The van der Waals surface area contributed by atoms with Crippen LogP contribution < -0.4 is 20.3 Å². The lowest BCUT2D eigenvalue weighted by atomic mass is 10.3. The van der Waals surface area contributed by atoms with Crippen molar-refractivity contribution in [1.29, 1.82) is 0 Å². The molecule has 3 amide bonds. The number of rotatable bonds is 5. The number of ether oxygens (including phenoxy) is 1. The van der Waals surface area contributed by atoms with Gasteiger partial charge >= 0.3 is 6.03 Å². The van der Waals surface area contributed by atoms with E-state index in [1.807, 2.05) is 18.2 Å². The van der Waals surface area contributed by atoms with Crippen LogP contribution in [0, 0.1) is 0 Å². The Kier molecular flexibility index (Phi) is 6.09. The fraction of sp³-hybridized carbons (Fsp3) is 0.316. The van der Waals surface area contributed by atoms with Crippen LogP contribution in [-0.2, 0) is 4.79 Å². The second kappa shape index (κ2) is 8.88. The third kappa shape index (κ3) is 5.10. The molecular weight excluding hydrogens is 346 g/mol. The molecule has 2 heterocycles. The van der Waals surface area contributed by atoms with Gasteiger partial charge in [0.05, 0.1) is 13.7 Å². The molecular formula is C19H23N5O3. The Hall–Kier alpha value is -3.29. The average molecular weight is 369 g/mol. The number of carbonyl (C=O) groups is 2. The Morgan fingerprint density at radius 2 is 1.93 bits per heavy atom. The van der Waals surface area contributed by atoms with E-state index in [4.69, 9.17) is 4.74 Å². The maximum absolute atomic E-state index is 12.3. The van der Waals surface area contributed by atoms with E-state index in [0.29, 0.717) is 37.6 Å². The summed E-state index contributed by atoms with van der Waals surface area (Å²) in [7, 11) is 1.56. The molecule has 1 aromatic carbocycles. The van der Waals surface area contributed by atoms with E-state index in [1.54, 1.807) is 42.5 Å². The molecule has 2 aromatic rings. The summed E-state index contributed by atoms with van der Waals surface area (Å²) in [4.78, 5) is 32.5. The number of anilines is 2. The summed E-state index contributed by atoms with van der Waals surface area (Å²) in [5, 5.41) is 5.40. The Balaban J connectivity index is 1.42. The highest BCUT2D eigenvalue weighted by Crippen LogP contribution is 2.16. The average Bonchev–Trinajstić information content (AvgIpc) is 2.73. The van der Waals surface area contributed by atoms with Gasteiger partial charge in [-0.1, -0.05) is 12.1 Å². The Morgan fingerprint density at radius 3 is 2.63 bits per heavy atom. The zero-order chi connectivity index (χ0) is 19.1. The first-order valence-corrected chi connectivity index (χ1v) is 8.78. The summed E-state index contributed by atoms with van der Waals surface area (Å²) >= 11 is 0. The highest BCUT2D eigenvalue weighted by atomic mass is 16.5. The molecule has 0 unspecified atom stereocenters. The summed E-state index contributed by atoms with van der Waals surface area (Å²) in [6.07, 6.45) is 1.76. The molecule has 3 rings (SSSR count). The SMILES string of the molecule is COc1cccc(NC(=O)CNC(=O)N2CCN(c3ccccn3)CC2)c1. The number of amides is 3. The van der Waals surface area contributed by atoms with E-state index >= 15 is 0 Å². The number of nitrogens with one attached hydrogen (secondary N) is 2. The van der Waals surface area contributed by atoms with E-state index in [0.717, 1.165) is 5.82 Å². The number of benzene rings is 1. The fourth-order valence-corrected chi connectivity index (χ4v) is 2.85. The van der Waals surface area contributed by atoms with E-state index in [1.165, 1.54) is 0 Å². The Bertz CT molecular complexity index is 776. The monoisotopic (exact) mass is 369 g/mol. The predicted molar refractivity (Wildman–Crippen MR) is 103 cm³/mol. The van der Waals surface area contributed by atoms with Gasteiger partial charge in [-0.25, -0.2) is 9.78 Å². The molecule has 1 saturated heterocycles. The molecule has 8 heteroatoms. The van der Waals surface area contributed by atoms with Crippen LogP contribution in [0.2, 0.25) is 0 Å². The van der Waals surface area contributed by atoms with Gasteiger partial charge in [-0.2, -0.15) is 0 Å². The van der Waals surface area contributed by atoms with Crippen molar-refractivity contribution < 1.29 is 14.3 Å². The van der Waals surface area contributed by atoms with E-state index in [2.05, 4.69) is 20.5 Å². The number of hydrogen-bond acceptors (Lipinski definition) is 5. The van der Waals surface area contributed by atoms with Gasteiger partial charge in [0.15, 0.2) is 0 Å². The van der Waals surface area contributed by atoms with E-state index in [-0.39, 0.29) is 18.5 Å². The van der Waals surface area contributed by atoms with Crippen molar-refractivity contribution >= 4 is 23.4 Å². The predicted octanol–water partition coefficient (Wildman–Crippen LogP) is 1.56. The Labute approximate surface area is 158 Å². The molecule has 1 aliphatic rings. The van der Waals surface area contributed by atoms with E-state index in [9.17, 15) is 9.59 Å². The number of hydrogen-bond donors (Lipinski definition) is 2. The maximum Gasteiger partial charge on any atom is 0.317 e. The molecule has 8 nitrogen and oxygen atoms in total. The standard InChI is InChI=1S/C19H23N5O3/c1-27-16-6-4-5-15(13-16)22-18(25)14-21-19(26)24-11-9-23(10-12-24)17-7-2-3-8-20-17/h2-8,13H,9-12,14H2,1H3,(H,21,26)(H,22,25). The number of pyridine rings is 1. The second-order valence-electron chi connectivity index (χ2n) is 6.10. The van der Waals surface area contributed by atoms with Crippen molar-refractivity contribution in [2.24, 2.45) is 0 Å². The third-order valence-electron chi connectivity index (χ3n) is 4.29. The fourth-order valence-electron chi connectivity index (χ4n) is 2.85. The van der Waals surface area contributed by atoms with Crippen LogP contribution in [-0.4, -0.2) is 61.7 Å². The van der Waals surface area contributed by atoms with Gasteiger partial charge in [0.1, 0.15) is 11.6 Å². The molecule has 0 radical (unpaired) electrons. The van der Waals surface area contributed by atoms with Crippen molar-refractivity contribution in [1.82, 2.24) is 15.2 Å². The number of nitrogens with zero attached hydrogens (tertiary/aromatic N) is 3. The minimum Gasteiger partial charge on any atom is -0.497 e. The van der Waals surface area contributed by atoms with Crippen LogP contribution in [0.5, 0.6) is 5.75 Å². The third-order valence-corrected chi connectivity index (χ3v) is 4.29. The minimum absolute atomic E-state index is 0.0868. The van der Waals surface area contributed by atoms with Gasteiger partial charge in [0.2, 0.25) is 5.91 Å². The van der Waals surface area contributed by atoms with Crippen LogP contribution in [0.3, 0.4) is 0 Å². The molecule has 0 spiro atoms. The van der Waals surface area contributed by atoms with Gasteiger partial charge in [-0.05, 0) is 24.3 Å². The first-order chi connectivity index (χ1) is 13.2. The second-order valence-corrected chi connectivity index (χ2v) is 6.10. The highest BCUT2D eigenvalue weighted by Gasteiger charge is 2.22. The van der Waals surface area contributed by atoms with Gasteiger partial charge in [-0.3, -0.25) is 4.79 Å². The van der Waals surface area contributed by atoms with Crippen molar-refractivity contribution in [2.45, 2.75) is 0 Å². The summed E-state index contributed by atoms with van der Waals surface area (Å²) in [6.45, 7) is 2.50. The molecule has 1 aromatic heterocycles. The quantitative estimate of drug-likeness (QED) is 0.835. The van der Waals surface area contributed by atoms with Crippen LogP contribution >= 0.6 is 0 Å². The zero-order valence-electron chi connectivity index (χ0n) is 15.2. The largest absolute Gasteiger partial charge is 0.497 e. The van der Waals surface area contributed by atoms with E-state index < -0.39 is 0 Å². The first-order valence-electron chi connectivity index (χ1n) is 8.78. The molecule has 1 fully saturated rings. The van der Waals surface area contributed by atoms with Crippen LogP contribution in [0.4, 0.5) is 16.3 Å². The number of carbonyl (C=O) groups excluding carboxylic acids is 2. The summed E-state index contributed by atoms with van der Waals surface area (Å²) in [5.41, 5.74) is 0.623. The number of methoxy groups -OCH3 is 1. The number of aromatic nitrogens is 1. The number of urea groups is 1. The summed E-state index contributed by atoms with van der Waals surface area (Å²) < 4.78 is 5.12. The van der Waals surface area contributed by atoms with Crippen molar-refractivity contribution in [3.05, 3.63) is 48.7 Å². The molecule has 0 aliphatic carbocycles. The lowest BCUT2D eigenvalue weighted by Gasteiger charge is -2.35. The summed E-state index contributed by atoms with van der Waals surface area (Å²) in [6, 6.07) is 12.6. The molecule has 142 valence electrons. The van der Waals surface area contributed by atoms with Gasteiger partial charge in [0.25, 0.3) is 0 Å². The van der Waals surface area contributed by atoms with Crippen LogP contribution in [0.15, 0.2) is 48.7 Å². The minimum atomic E-state index is -0.288. The Morgan fingerprint density at radius 1 is 1.11 bits per heavy atom. The smallest absolute Gasteiger partial charge is 0.317 e. The molecule has 27 heavy (non-hydrogen) atoms. The molecule has 1 aliphatic heterocycles. The lowest BCUT2D eigenvalue weighted by molar-refractivity contribution is -0.115. The topological polar surface area (TPSA) is 86.8 Å². The van der Waals surface area contributed by atoms with Crippen LogP contribution in [0.25, 0.3) is 0 Å². The maximum atomic E-state index is 12.3. The zero-order valence-corrected chi connectivity index (χ0v) is 15.2. The number of piperazine rings is 1. The molecule has 0 atom stereocenters. The van der Waals surface area contributed by atoms with Gasteiger partial charge in [0, 0.05) is 44.1 Å². The normalized spacial score (nSPS) is 13.8. The molecule has 0 saturated carbocycles. The van der Waals surface area contributed by atoms with Crippen molar-refractivity contribution in [3.63, 3.8) is 0 Å².